The minimum atomic E-state index is -0.371. The summed E-state index contributed by atoms with van der Waals surface area (Å²) in [5, 5.41) is 3.15. The van der Waals surface area contributed by atoms with Gasteiger partial charge in [0.1, 0.15) is 18.3 Å². The Hall–Kier alpha value is -2.24. The molecule has 22 heavy (non-hydrogen) atoms. The Morgan fingerprint density at radius 3 is 2.64 bits per heavy atom. The number of nitrogens with one attached hydrogen (secondary N) is 1. The Kier molecular flexibility index (Phi) is 4.90. The maximum atomic E-state index is 12.4. The van der Waals surface area contributed by atoms with Crippen LogP contribution in [0.3, 0.4) is 0 Å². The molecule has 1 aliphatic heterocycles. The van der Waals surface area contributed by atoms with Crippen molar-refractivity contribution in [1.29, 1.82) is 0 Å². The number of hydrogen-bond donors (Lipinski definition) is 1. The first-order chi connectivity index (χ1) is 10.5. The maximum Gasteiger partial charge on any atom is 0.249 e. The number of fused-ring (bicyclic) bond motifs is 1. The van der Waals surface area contributed by atoms with Crippen LogP contribution in [0.5, 0.6) is 5.75 Å². The second-order valence-corrected chi connectivity index (χ2v) is 5.24. The second-order valence-electron chi connectivity index (χ2n) is 5.24. The summed E-state index contributed by atoms with van der Waals surface area (Å²) >= 11 is 0. The number of amides is 2. The molecule has 1 unspecified atom stereocenters. The zero-order valence-corrected chi connectivity index (χ0v) is 13.5. The average molecular weight is 305 g/mol. The van der Waals surface area contributed by atoms with Crippen LogP contribution in [0.25, 0.3) is 0 Å². The molecule has 1 N–H and O–H groups in total. The second kappa shape index (κ2) is 6.68. The van der Waals surface area contributed by atoms with Gasteiger partial charge in [-0.3, -0.25) is 14.5 Å². The van der Waals surface area contributed by atoms with Crippen LogP contribution in [0.1, 0.15) is 20.8 Å². The number of ether oxygens (including phenoxy) is 1. The zero-order chi connectivity index (χ0) is 16.3. The van der Waals surface area contributed by atoms with E-state index in [4.69, 9.17) is 4.74 Å². The lowest BCUT2D eigenvalue weighted by molar-refractivity contribution is -0.131. The van der Waals surface area contributed by atoms with Gasteiger partial charge >= 0.3 is 0 Å². The van der Waals surface area contributed by atoms with Crippen molar-refractivity contribution in [3.63, 3.8) is 0 Å². The van der Waals surface area contributed by atoms with Crippen molar-refractivity contribution < 1.29 is 14.3 Å². The molecule has 120 valence electrons. The van der Waals surface area contributed by atoms with Crippen molar-refractivity contribution in [2.75, 3.05) is 37.0 Å². The molecule has 1 aromatic carbocycles. The monoisotopic (exact) mass is 305 g/mol. The largest absolute Gasteiger partial charge is 0.497 e. The first kappa shape index (κ1) is 16.1. The van der Waals surface area contributed by atoms with E-state index in [2.05, 4.69) is 5.32 Å². The van der Waals surface area contributed by atoms with Gasteiger partial charge < -0.3 is 15.0 Å². The molecule has 6 nitrogen and oxygen atoms in total. The number of carbonyl (C=O) groups excluding carboxylic acids is 2. The number of rotatable bonds is 5. The van der Waals surface area contributed by atoms with Crippen molar-refractivity contribution in [3.05, 3.63) is 18.2 Å². The predicted molar refractivity (Wildman–Crippen MR) is 86.4 cm³/mol. The Bertz CT molecular complexity index is 570. The minimum Gasteiger partial charge on any atom is -0.497 e. The summed E-state index contributed by atoms with van der Waals surface area (Å²) in [5.41, 5.74) is 1.52. The first-order valence-electron chi connectivity index (χ1n) is 7.55. The van der Waals surface area contributed by atoms with Crippen molar-refractivity contribution in [2.45, 2.75) is 26.8 Å². The van der Waals surface area contributed by atoms with Gasteiger partial charge in [-0.25, -0.2) is 0 Å². The van der Waals surface area contributed by atoms with Crippen LogP contribution in [-0.2, 0) is 9.59 Å². The number of benzene rings is 1. The van der Waals surface area contributed by atoms with Gasteiger partial charge in [0.25, 0.3) is 0 Å². The molecule has 0 bridgehead atoms. The summed E-state index contributed by atoms with van der Waals surface area (Å²) in [6, 6.07) is 5.07. The predicted octanol–water partition coefficient (Wildman–Crippen LogP) is 1.71. The van der Waals surface area contributed by atoms with Gasteiger partial charge in [-0.1, -0.05) is 0 Å². The number of nitrogens with zero attached hydrogens (tertiary/aromatic N) is 2. The fraction of sp³-hybridized carbons (Fsp3) is 0.500. The number of hydrogen-bond acceptors (Lipinski definition) is 4. The van der Waals surface area contributed by atoms with Crippen LogP contribution in [0.2, 0.25) is 0 Å². The highest BCUT2D eigenvalue weighted by molar-refractivity contribution is 6.07. The van der Waals surface area contributed by atoms with Gasteiger partial charge in [0, 0.05) is 19.2 Å². The topological polar surface area (TPSA) is 61.9 Å². The number of carbonyl (C=O) groups is 2. The quantitative estimate of drug-likeness (QED) is 0.899. The molecular weight excluding hydrogens is 282 g/mol. The van der Waals surface area contributed by atoms with E-state index < -0.39 is 0 Å². The van der Waals surface area contributed by atoms with Gasteiger partial charge in [-0.05, 0) is 32.9 Å². The Balaban J connectivity index is 2.31. The summed E-state index contributed by atoms with van der Waals surface area (Å²) in [6.07, 6.45) is 0. The van der Waals surface area contributed by atoms with Crippen LogP contribution < -0.4 is 15.0 Å². The molecule has 2 amide bonds. The Morgan fingerprint density at radius 1 is 1.36 bits per heavy atom. The summed E-state index contributed by atoms with van der Waals surface area (Å²) in [6.45, 7) is 7.00. The van der Waals surface area contributed by atoms with E-state index in [0.29, 0.717) is 24.5 Å². The van der Waals surface area contributed by atoms with Crippen molar-refractivity contribution in [2.24, 2.45) is 0 Å². The molecule has 2 rings (SSSR count). The highest BCUT2D eigenvalue weighted by Crippen LogP contribution is 2.34. The highest BCUT2D eigenvalue weighted by Gasteiger charge is 2.31. The molecule has 1 heterocycles. The van der Waals surface area contributed by atoms with Gasteiger partial charge in [-0.15, -0.1) is 0 Å². The van der Waals surface area contributed by atoms with E-state index in [0.717, 1.165) is 5.69 Å². The van der Waals surface area contributed by atoms with Crippen LogP contribution >= 0.6 is 0 Å². The van der Waals surface area contributed by atoms with E-state index in [1.807, 2.05) is 19.9 Å². The molecule has 1 aromatic rings. The third kappa shape index (κ3) is 3.00. The van der Waals surface area contributed by atoms with Crippen molar-refractivity contribution in [3.8, 4) is 5.75 Å². The maximum absolute atomic E-state index is 12.4. The highest BCUT2D eigenvalue weighted by atomic mass is 16.5. The summed E-state index contributed by atoms with van der Waals surface area (Å²) in [7, 11) is 1.60. The van der Waals surface area contributed by atoms with Crippen LogP contribution in [0, 0.1) is 0 Å². The first-order valence-corrected chi connectivity index (χ1v) is 7.55. The average Bonchev–Trinajstić information content (AvgIpc) is 2.52. The minimum absolute atomic E-state index is 0.0470. The molecule has 0 radical (unpaired) electrons. The van der Waals surface area contributed by atoms with Crippen LogP contribution in [-0.4, -0.2) is 49.5 Å². The normalized spacial score (nSPS) is 16.8. The van der Waals surface area contributed by atoms with Gasteiger partial charge in [0.2, 0.25) is 11.8 Å². The van der Waals surface area contributed by atoms with E-state index in [-0.39, 0.29) is 24.4 Å². The standard InChI is InChI=1S/C16H23N3O3/c1-5-18(6-2)15(20)10-19-14-8-7-12(22-4)9-13(14)17-11(3)16(19)21/h7-9,11,17H,5-6,10H2,1-4H3. The third-order valence-corrected chi connectivity index (χ3v) is 3.91. The number of likely N-dealkylation sites (N-methyl/N-ethyl adjacent to an activating group) is 1. The molecular formula is C16H23N3O3. The van der Waals surface area contributed by atoms with Crippen molar-refractivity contribution >= 4 is 23.2 Å². The number of methoxy groups -OCH3 is 1. The molecule has 0 aromatic heterocycles. The fourth-order valence-electron chi connectivity index (χ4n) is 2.62. The number of anilines is 2. The molecule has 0 aliphatic carbocycles. The van der Waals surface area contributed by atoms with E-state index >= 15 is 0 Å². The molecule has 1 atom stereocenters. The lowest BCUT2D eigenvalue weighted by Gasteiger charge is -2.34. The van der Waals surface area contributed by atoms with Crippen LogP contribution in [0.15, 0.2) is 18.2 Å². The Labute approximate surface area is 131 Å². The lowest BCUT2D eigenvalue weighted by Crippen LogP contribution is -2.50. The van der Waals surface area contributed by atoms with Gasteiger partial charge in [-0.2, -0.15) is 0 Å². The van der Waals surface area contributed by atoms with E-state index in [9.17, 15) is 9.59 Å². The SMILES string of the molecule is CCN(CC)C(=O)CN1C(=O)C(C)Nc2cc(OC)ccc21. The molecule has 0 saturated carbocycles. The van der Waals surface area contributed by atoms with E-state index in [1.165, 1.54) is 0 Å². The summed E-state index contributed by atoms with van der Waals surface area (Å²) < 4.78 is 5.21. The zero-order valence-electron chi connectivity index (χ0n) is 13.5. The summed E-state index contributed by atoms with van der Waals surface area (Å²) in [4.78, 5) is 28.1. The summed E-state index contributed by atoms with van der Waals surface area (Å²) in [5.74, 6) is 0.565. The van der Waals surface area contributed by atoms with Crippen LogP contribution in [0.4, 0.5) is 11.4 Å². The lowest BCUT2D eigenvalue weighted by atomic mass is 10.1. The molecule has 0 fully saturated rings. The molecule has 6 heteroatoms. The smallest absolute Gasteiger partial charge is 0.249 e. The van der Waals surface area contributed by atoms with E-state index in [1.54, 1.807) is 36.0 Å². The van der Waals surface area contributed by atoms with Gasteiger partial charge in [0.15, 0.2) is 0 Å². The molecule has 0 spiro atoms. The molecule has 0 saturated heterocycles. The van der Waals surface area contributed by atoms with Crippen molar-refractivity contribution in [1.82, 2.24) is 4.90 Å². The van der Waals surface area contributed by atoms with Gasteiger partial charge in [0.05, 0.1) is 18.5 Å². The molecule has 1 aliphatic rings. The third-order valence-electron chi connectivity index (χ3n) is 3.91. The fourth-order valence-corrected chi connectivity index (χ4v) is 2.62. The Morgan fingerprint density at radius 2 is 2.05 bits per heavy atom.